The fourth-order valence-corrected chi connectivity index (χ4v) is 3.53. The van der Waals surface area contributed by atoms with E-state index in [2.05, 4.69) is 24.7 Å². The zero-order valence-electron chi connectivity index (χ0n) is 16.9. The van der Waals surface area contributed by atoms with Crippen molar-refractivity contribution in [2.45, 2.75) is 38.7 Å². The molecule has 1 aliphatic carbocycles. The second-order valence-electron chi connectivity index (χ2n) is 6.80. The molecule has 1 aromatic carbocycles. The van der Waals surface area contributed by atoms with Crippen molar-refractivity contribution in [2.24, 2.45) is 5.92 Å². The van der Waals surface area contributed by atoms with Crippen LogP contribution in [-0.4, -0.2) is 32.4 Å². The van der Waals surface area contributed by atoms with Crippen molar-refractivity contribution >= 4 is 5.69 Å². The Bertz CT molecular complexity index is 726. The summed E-state index contributed by atoms with van der Waals surface area (Å²) < 4.78 is 10.8. The van der Waals surface area contributed by atoms with Gasteiger partial charge in [-0.1, -0.05) is 31.9 Å². The molecule has 2 atom stereocenters. The van der Waals surface area contributed by atoms with Crippen LogP contribution in [0.25, 0.3) is 0 Å². The topological polar surface area (TPSA) is 41.9 Å². The minimum Gasteiger partial charge on any atom is -0.497 e. The van der Waals surface area contributed by atoms with E-state index in [-0.39, 0.29) is 5.92 Å². The van der Waals surface area contributed by atoms with Crippen LogP contribution in [0.2, 0.25) is 0 Å². The predicted molar refractivity (Wildman–Crippen MR) is 111 cm³/mol. The molecule has 0 aromatic heterocycles. The first-order chi connectivity index (χ1) is 13.0. The average Bonchev–Trinajstić information content (AvgIpc) is 2.72. The van der Waals surface area contributed by atoms with E-state index in [9.17, 15) is 5.11 Å². The molecule has 2 rings (SSSR count). The van der Waals surface area contributed by atoms with E-state index < -0.39 is 5.60 Å². The summed E-state index contributed by atoms with van der Waals surface area (Å²) >= 11 is 0. The standard InChI is InChI=1S/C23H31NO3/c1-6-15-24(16-7-2)21-17-19(11-14-22(21)27-5)23(25,8-3)18-9-12-20(26-4)13-10-18/h3,9,11-14,17-18,25H,6-7,10,15-16H2,1-2,4-5H3. The summed E-state index contributed by atoms with van der Waals surface area (Å²) in [5.74, 6) is 4.01. The van der Waals surface area contributed by atoms with Crippen LogP contribution in [0.15, 0.2) is 42.2 Å². The number of terminal acetylenes is 1. The van der Waals surface area contributed by atoms with Gasteiger partial charge < -0.3 is 19.5 Å². The third-order valence-corrected chi connectivity index (χ3v) is 5.00. The highest BCUT2D eigenvalue weighted by Crippen LogP contribution is 2.39. The molecule has 0 heterocycles. The van der Waals surface area contributed by atoms with Gasteiger partial charge in [-0.15, -0.1) is 6.42 Å². The average molecular weight is 370 g/mol. The monoisotopic (exact) mass is 369 g/mol. The molecule has 0 fully saturated rings. The highest BCUT2D eigenvalue weighted by atomic mass is 16.5. The van der Waals surface area contributed by atoms with E-state index in [1.807, 2.05) is 36.4 Å². The van der Waals surface area contributed by atoms with Crippen LogP contribution >= 0.6 is 0 Å². The number of anilines is 1. The molecule has 0 aliphatic heterocycles. The van der Waals surface area contributed by atoms with Crippen LogP contribution < -0.4 is 9.64 Å². The molecule has 2 unspecified atom stereocenters. The van der Waals surface area contributed by atoms with Crippen molar-refractivity contribution in [1.82, 2.24) is 0 Å². The zero-order valence-corrected chi connectivity index (χ0v) is 16.9. The van der Waals surface area contributed by atoms with Gasteiger partial charge in [0, 0.05) is 19.0 Å². The molecule has 4 heteroatoms. The number of hydrogen-bond donors (Lipinski definition) is 1. The van der Waals surface area contributed by atoms with Gasteiger partial charge in [0.15, 0.2) is 5.60 Å². The number of nitrogens with zero attached hydrogens (tertiary/aromatic N) is 1. The van der Waals surface area contributed by atoms with E-state index in [4.69, 9.17) is 15.9 Å². The van der Waals surface area contributed by atoms with Crippen LogP contribution in [-0.2, 0) is 10.3 Å². The first kappa shape index (κ1) is 20.9. The molecule has 27 heavy (non-hydrogen) atoms. The highest BCUT2D eigenvalue weighted by Gasteiger charge is 2.36. The highest BCUT2D eigenvalue weighted by molar-refractivity contribution is 5.61. The lowest BCUT2D eigenvalue weighted by atomic mass is 9.78. The van der Waals surface area contributed by atoms with Crippen LogP contribution in [0, 0.1) is 18.3 Å². The molecule has 0 saturated heterocycles. The maximum absolute atomic E-state index is 11.4. The minimum atomic E-state index is -1.39. The van der Waals surface area contributed by atoms with Crippen molar-refractivity contribution in [3.8, 4) is 18.1 Å². The Morgan fingerprint density at radius 3 is 2.41 bits per heavy atom. The van der Waals surface area contributed by atoms with E-state index in [0.717, 1.165) is 43.1 Å². The fourth-order valence-electron chi connectivity index (χ4n) is 3.53. The van der Waals surface area contributed by atoms with Crippen LogP contribution in [0.4, 0.5) is 5.69 Å². The van der Waals surface area contributed by atoms with Gasteiger partial charge in [0.25, 0.3) is 0 Å². The molecule has 1 N–H and O–H groups in total. The largest absolute Gasteiger partial charge is 0.497 e. The molecular weight excluding hydrogens is 338 g/mol. The lowest BCUT2D eigenvalue weighted by molar-refractivity contribution is 0.0547. The first-order valence-electron chi connectivity index (χ1n) is 9.59. The van der Waals surface area contributed by atoms with Gasteiger partial charge >= 0.3 is 0 Å². The molecular formula is C23H31NO3. The lowest BCUT2D eigenvalue weighted by Gasteiger charge is -2.33. The van der Waals surface area contributed by atoms with Crippen molar-refractivity contribution in [3.63, 3.8) is 0 Å². The van der Waals surface area contributed by atoms with Crippen LogP contribution in [0.3, 0.4) is 0 Å². The van der Waals surface area contributed by atoms with E-state index in [0.29, 0.717) is 12.0 Å². The summed E-state index contributed by atoms with van der Waals surface area (Å²) in [7, 11) is 3.30. The maximum atomic E-state index is 11.4. The maximum Gasteiger partial charge on any atom is 0.157 e. The first-order valence-corrected chi connectivity index (χ1v) is 9.59. The molecule has 0 radical (unpaired) electrons. The molecule has 0 amide bonds. The number of methoxy groups -OCH3 is 2. The quantitative estimate of drug-likeness (QED) is 0.661. The normalized spacial score (nSPS) is 18.2. The van der Waals surface area contributed by atoms with Gasteiger partial charge in [-0.2, -0.15) is 0 Å². The van der Waals surface area contributed by atoms with Gasteiger partial charge in [-0.3, -0.25) is 0 Å². The molecule has 0 spiro atoms. The number of ether oxygens (including phenoxy) is 2. The van der Waals surface area contributed by atoms with Gasteiger partial charge in [0.1, 0.15) is 11.5 Å². The van der Waals surface area contributed by atoms with E-state index >= 15 is 0 Å². The number of benzene rings is 1. The molecule has 146 valence electrons. The number of rotatable bonds is 9. The minimum absolute atomic E-state index is 0.214. The predicted octanol–water partition coefficient (Wildman–Crippen LogP) is 4.25. The van der Waals surface area contributed by atoms with Crippen molar-refractivity contribution in [3.05, 3.63) is 47.7 Å². The summed E-state index contributed by atoms with van der Waals surface area (Å²) in [6, 6.07) is 5.74. The lowest BCUT2D eigenvalue weighted by Crippen LogP contribution is -2.34. The summed E-state index contributed by atoms with van der Waals surface area (Å²) in [6.45, 7) is 6.16. The van der Waals surface area contributed by atoms with E-state index in [1.165, 1.54) is 0 Å². The fraction of sp³-hybridized carbons (Fsp3) is 0.478. The van der Waals surface area contributed by atoms with Crippen molar-refractivity contribution in [2.75, 3.05) is 32.2 Å². The Morgan fingerprint density at radius 1 is 1.22 bits per heavy atom. The number of aliphatic hydroxyl groups is 1. The summed E-state index contributed by atoms with van der Waals surface area (Å²) in [6.07, 6.45) is 14.2. The Hall–Kier alpha value is -2.38. The van der Waals surface area contributed by atoms with Gasteiger partial charge in [-0.05, 0) is 49.1 Å². The van der Waals surface area contributed by atoms with E-state index in [1.54, 1.807) is 14.2 Å². The zero-order chi connectivity index (χ0) is 19.9. The molecule has 0 bridgehead atoms. The summed E-state index contributed by atoms with van der Waals surface area (Å²) in [4.78, 5) is 2.29. The second kappa shape index (κ2) is 9.53. The molecule has 0 saturated carbocycles. The van der Waals surface area contributed by atoms with Crippen LogP contribution in [0.5, 0.6) is 5.75 Å². The molecule has 4 nitrogen and oxygen atoms in total. The third kappa shape index (κ3) is 4.48. The van der Waals surface area contributed by atoms with Gasteiger partial charge in [-0.25, -0.2) is 0 Å². The Balaban J connectivity index is 2.44. The van der Waals surface area contributed by atoms with Gasteiger partial charge in [0.2, 0.25) is 0 Å². The molecule has 1 aromatic rings. The SMILES string of the molecule is C#CC(O)(c1ccc(OC)c(N(CCC)CCC)c1)C1C=CC(OC)=CC1. The summed E-state index contributed by atoms with van der Waals surface area (Å²) in [5.41, 5.74) is 0.291. The Kier molecular flexibility index (Phi) is 7.38. The summed E-state index contributed by atoms with van der Waals surface area (Å²) in [5, 5.41) is 11.4. The van der Waals surface area contributed by atoms with Crippen molar-refractivity contribution < 1.29 is 14.6 Å². The van der Waals surface area contributed by atoms with Crippen LogP contribution in [0.1, 0.15) is 38.7 Å². The smallest absolute Gasteiger partial charge is 0.157 e. The number of allylic oxidation sites excluding steroid dienone is 2. The number of hydrogen-bond acceptors (Lipinski definition) is 4. The Labute approximate surface area is 163 Å². The van der Waals surface area contributed by atoms with Gasteiger partial charge in [0.05, 0.1) is 19.9 Å². The second-order valence-corrected chi connectivity index (χ2v) is 6.80. The van der Waals surface area contributed by atoms with Crippen molar-refractivity contribution in [1.29, 1.82) is 0 Å². The third-order valence-electron chi connectivity index (χ3n) is 5.00. The Morgan fingerprint density at radius 2 is 1.93 bits per heavy atom. The molecule has 1 aliphatic rings.